The lowest BCUT2D eigenvalue weighted by molar-refractivity contribution is 0.931. The lowest BCUT2D eigenvalue weighted by Gasteiger charge is -1.95. The third kappa shape index (κ3) is 1.48. The number of aryl methyl sites for hydroxylation is 1. The van der Waals surface area contributed by atoms with Crippen molar-refractivity contribution in [3.05, 3.63) is 35.2 Å². The van der Waals surface area contributed by atoms with Crippen molar-refractivity contribution < 1.29 is 0 Å². The molecule has 0 radical (unpaired) electrons. The standard InChI is InChI=1S/C11H7N5S/c1-7-15-16-9(5-12)10(14-11(16)17-7)8-3-2-4-13-6-8/h2-4,6H,1H3. The molecule has 82 valence electrons. The van der Waals surface area contributed by atoms with Gasteiger partial charge in [-0.1, -0.05) is 11.3 Å². The number of aromatic nitrogens is 4. The zero-order valence-electron chi connectivity index (χ0n) is 8.95. The fourth-order valence-electron chi connectivity index (χ4n) is 1.65. The first kappa shape index (κ1) is 9.93. The molecule has 5 nitrogen and oxygen atoms in total. The molecule has 3 aromatic heterocycles. The molecule has 0 N–H and O–H groups in total. The van der Waals surface area contributed by atoms with Gasteiger partial charge in [0.15, 0.2) is 5.69 Å². The van der Waals surface area contributed by atoms with Gasteiger partial charge in [0.25, 0.3) is 0 Å². The van der Waals surface area contributed by atoms with Crippen molar-refractivity contribution in [2.45, 2.75) is 6.92 Å². The van der Waals surface area contributed by atoms with E-state index in [2.05, 4.69) is 21.1 Å². The van der Waals surface area contributed by atoms with E-state index in [-0.39, 0.29) is 0 Å². The maximum atomic E-state index is 9.21. The van der Waals surface area contributed by atoms with Crippen LogP contribution in [0.25, 0.3) is 16.2 Å². The van der Waals surface area contributed by atoms with E-state index in [1.165, 1.54) is 11.3 Å². The van der Waals surface area contributed by atoms with Crippen LogP contribution < -0.4 is 0 Å². The first-order chi connectivity index (χ1) is 8.29. The van der Waals surface area contributed by atoms with Gasteiger partial charge in [0, 0.05) is 18.0 Å². The van der Waals surface area contributed by atoms with Crippen molar-refractivity contribution in [1.82, 2.24) is 19.6 Å². The van der Waals surface area contributed by atoms with Crippen LogP contribution in [0.2, 0.25) is 0 Å². The van der Waals surface area contributed by atoms with Gasteiger partial charge in [-0.15, -0.1) is 0 Å². The largest absolute Gasteiger partial charge is 0.264 e. The molecule has 0 amide bonds. The van der Waals surface area contributed by atoms with E-state index in [0.717, 1.165) is 15.5 Å². The number of hydrogen-bond donors (Lipinski definition) is 0. The normalized spacial score (nSPS) is 10.6. The van der Waals surface area contributed by atoms with E-state index in [9.17, 15) is 5.26 Å². The Labute approximate surface area is 101 Å². The summed E-state index contributed by atoms with van der Waals surface area (Å²) in [6.45, 7) is 1.89. The molecule has 0 unspecified atom stereocenters. The summed E-state index contributed by atoms with van der Waals surface area (Å²) in [5.74, 6) is 0. The molecule has 0 spiro atoms. The zero-order valence-corrected chi connectivity index (χ0v) is 9.77. The van der Waals surface area contributed by atoms with Crippen LogP contribution in [-0.4, -0.2) is 19.6 Å². The summed E-state index contributed by atoms with van der Waals surface area (Å²) >= 11 is 1.47. The Hall–Kier alpha value is -2.26. The van der Waals surface area contributed by atoms with Gasteiger partial charge in [0.05, 0.1) is 0 Å². The van der Waals surface area contributed by atoms with Crippen LogP contribution >= 0.6 is 11.3 Å². The summed E-state index contributed by atoms with van der Waals surface area (Å²) in [6, 6.07) is 5.85. The minimum absolute atomic E-state index is 0.456. The monoisotopic (exact) mass is 241 g/mol. The van der Waals surface area contributed by atoms with Crippen molar-refractivity contribution in [2.75, 3.05) is 0 Å². The van der Waals surface area contributed by atoms with Gasteiger partial charge in [-0.05, 0) is 19.1 Å². The fourth-order valence-corrected chi connectivity index (χ4v) is 2.39. The molecule has 17 heavy (non-hydrogen) atoms. The molecule has 0 bridgehead atoms. The van der Waals surface area contributed by atoms with E-state index >= 15 is 0 Å². The summed E-state index contributed by atoms with van der Waals surface area (Å²) in [5.41, 5.74) is 1.93. The molecule has 3 aromatic rings. The molecular formula is C11H7N5S. The number of fused-ring (bicyclic) bond motifs is 1. The Morgan fingerprint density at radius 2 is 2.35 bits per heavy atom. The molecule has 0 fully saturated rings. The zero-order chi connectivity index (χ0) is 11.8. The van der Waals surface area contributed by atoms with Crippen LogP contribution in [0, 0.1) is 18.3 Å². The van der Waals surface area contributed by atoms with Crippen LogP contribution in [0.15, 0.2) is 24.5 Å². The van der Waals surface area contributed by atoms with Crippen LogP contribution in [0.4, 0.5) is 0 Å². The molecule has 0 saturated heterocycles. The first-order valence-electron chi connectivity index (χ1n) is 4.96. The highest BCUT2D eigenvalue weighted by Crippen LogP contribution is 2.25. The highest BCUT2D eigenvalue weighted by molar-refractivity contribution is 7.16. The van der Waals surface area contributed by atoms with E-state index in [1.54, 1.807) is 16.9 Å². The van der Waals surface area contributed by atoms with Gasteiger partial charge in [0.2, 0.25) is 4.96 Å². The Morgan fingerprint density at radius 3 is 3.06 bits per heavy atom. The van der Waals surface area contributed by atoms with Crippen LogP contribution in [0.5, 0.6) is 0 Å². The molecule has 0 aliphatic rings. The lowest BCUT2D eigenvalue weighted by Crippen LogP contribution is -1.90. The van der Waals surface area contributed by atoms with Crippen molar-refractivity contribution in [3.8, 4) is 17.3 Å². The minimum atomic E-state index is 0.456. The number of imidazole rings is 1. The SMILES string of the molecule is Cc1nn2c(C#N)c(-c3cccnc3)nc2s1. The molecule has 0 saturated carbocycles. The number of nitriles is 1. The van der Waals surface area contributed by atoms with Gasteiger partial charge in [0.1, 0.15) is 16.8 Å². The Bertz CT molecular complexity index is 719. The topological polar surface area (TPSA) is 66.9 Å². The highest BCUT2D eigenvalue weighted by Gasteiger charge is 2.16. The van der Waals surface area contributed by atoms with Crippen LogP contribution in [0.3, 0.4) is 0 Å². The molecular weight excluding hydrogens is 234 g/mol. The fraction of sp³-hybridized carbons (Fsp3) is 0.0909. The number of pyridine rings is 1. The van der Waals surface area contributed by atoms with E-state index in [1.807, 2.05) is 19.1 Å². The lowest BCUT2D eigenvalue weighted by atomic mass is 10.2. The average Bonchev–Trinajstić information content (AvgIpc) is 2.85. The van der Waals surface area contributed by atoms with Gasteiger partial charge in [-0.2, -0.15) is 14.9 Å². The quantitative estimate of drug-likeness (QED) is 0.653. The molecule has 0 atom stereocenters. The minimum Gasteiger partial charge on any atom is -0.264 e. The first-order valence-corrected chi connectivity index (χ1v) is 5.78. The third-order valence-corrected chi connectivity index (χ3v) is 3.17. The summed E-state index contributed by atoms with van der Waals surface area (Å²) in [6.07, 6.45) is 3.39. The van der Waals surface area contributed by atoms with Gasteiger partial charge < -0.3 is 0 Å². The Kier molecular flexibility index (Phi) is 2.13. The summed E-state index contributed by atoms with van der Waals surface area (Å²) < 4.78 is 1.59. The molecule has 0 aliphatic heterocycles. The second-order valence-electron chi connectivity index (χ2n) is 3.48. The molecule has 3 heterocycles. The Balaban J connectivity index is 2.31. The number of hydrogen-bond acceptors (Lipinski definition) is 5. The summed E-state index contributed by atoms with van der Waals surface area (Å²) in [5, 5.41) is 14.4. The number of rotatable bonds is 1. The maximum absolute atomic E-state index is 9.21. The second-order valence-corrected chi connectivity index (χ2v) is 4.64. The van der Waals surface area contributed by atoms with Crippen molar-refractivity contribution in [2.24, 2.45) is 0 Å². The third-order valence-electron chi connectivity index (χ3n) is 2.35. The van der Waals surface area contributed by atoms with Gasteiger partial charge in [-0.25, -0.2) is 4.98 Å². The Morgan fingerprint density at radius 1 is 1.47 bits per heavy atom. The van der Waals surface area contributed by atoms with Gasteiger partial charge in [-0.3, -0.25) is 4.98 Å². The van der Waals surface area contributed by atoms with Crippen molar-refractivity contribution in [1.29, 1.82) is 5.26 Å². The number of nitrogens with zero attached hydrogens (tertiary/aromatic N) is 5. The van der Waals surface area contributed by atoms with Crippen LogP contribution in [0.1, 0.15) is 10.7 Å². The molecule has 0 aliphatic carbocycles. The second kappa shape index (κ2) is 3.64. The average molecular weight is 241 g/mol. The summed E-state index contributed by atoms with van der Waals surface area (Å²) in [4.78, 5) is 9.20. The molecule has 0 aromatic carbocycles. The molecule has 3 rings (SSSR count). The van der Waals surface area contributed by atoms with E-state index < -0.39 is 0 Å². The highest BCUT2D eigenvalue weighted by atomic mass is 32.1. The molecule has 6 heteroatoms. The summed E-state index contributed by atoms with van der Waals surface area (Å²) in [7, 11) is 0. The predicted octanol–water partition coefficient (Wildman–Crippen LogP) is 2.03. The smallest absolute Gasteiger partial charge is 0.213 e. The maximum Gasteiger partial charge on any atom is 0.213 e. The van der Waals surface area contributed by atoms with E-state index in [4.69, 9.17) is 0 Å². The predicted molar refractivity (Wildman–Crippen MR) is 63.5 cm³/mol. The van der Waals surface area contributed by atoms with Crippen molar-refractivity contribution in [3.63, 3.8) is 0 Å². The van der Waals surface area contributed by atoms with Gasteiger partial charge >= 0.3 is 0 Å². The van der Waals surface area contributed by atoms with E-state index in [0.29, 0.717) is 11.4 Å². The van der Waals surface area contributed by atoms with Crippen LogP contribution in [-0.2, 0) is 0 Å². The van der Waals surface area contributed by atoms with Crippen molar-refractivity contribution >= 4 is 16.3 Å².